The molecule has 1 amide bonds. The molecule has 6 heteroatoms. The van der Waals surface area contributed by atoms with Gasteiger partial charge in [0, 0.05) is 23.8 Å². The van der Waals surface area contributed by atoms with Crippen LogP contribution in [-0.4, -0.2) is 23.6 Å². The van der Waals surface area contributed by atoms with Crippen molar-refractivity contribution in [2.75, 3.05) is 11.9 Å². The number of anilines is 1. The van der Waals surface area contributed by atoms with Crippen LogP contribution in [0.15, 0.2) is 101 Å². The van der Waals surface area contributed by atoms with Gasteiger partial charge in [0.2, 0.25) is 0 Å². The van der Waals surface area contributed by atoms with E-state index in [0.717, 1.165) is 65.5 Å². The van der Waals surface area contributed by atoms with Gasteiger partial charge < -0.3 is 19.6 Å². The van der Waals surface area contributed by atoms with E-state index < -0.39 is 11.9 Å². The molecule has 0 saturated heterocycles. The van der Waals surface area contributed by atoms with Crippen LogP contribution in [0, 0.1) is 0 Å². The molecule has 0 bridgehead atoms. The predicted molar refractivity (Wildman–Crippen MR) is 166 cm³/mol. The molecule has 2 N–H and O–H groups in total. The van der Waals surface area contributed by atoms with Crippen LogP contribution in [0.4, 0.5) is 5.69 Å². The summed E-state index contributed by atoms with van der Waals surface area (Å²) in [5.74, 6) is -1.22. The van der Waals surface area contributed by atoms with Crippen LogP contribution in [0.1, 0.15) is 48.6 Å². The molecule has 0 radical (unpaired) electrons. The van der Waals surface area contributed by atoms with Crippen molar-refractivity contribution in [3.8, 4) is 16.9 Å². The summed E-state index contributed by atoms with van der Waals surface area (Å²) in [6.07, 6.45) is 5.32. The lowest BCUT2D eigenvalue weighted by Gasteiger charge is -2.16. The van der Waals surface area contributed by atoms with Crippen molar-refractivity contribution in [3.63, 3.8) is 0 Å². The second-order valence-electron chi connectivity index (χ2n) is 10.3. The summed E-state index contributed by atoms with van der Waals surface area (Å²) >= 11 is 0. The maximum Gasteiger partial charge on any atom is 0.394 e. The van der Waals surface area contributed by atoms with E-state index in [0.29, 0.717) is 24.5 Å². The number of amides is 1. The Morgan fingerprint density at radius 2 is 1.62 bits per heavy atom. The molecule has 1 aromatic heterocycles. The van der Waals surface area contributed by atoms with Gasteiger partial charge in [-0.15, -0.1) is 0 Å². The normalized spacial score (nSPS) is 11.0. The maximum atomic E-state index is 12.2. The average molecular weight is 562 g/mol. The Hall–Kier alpha value is -4.84. The number of ether oxygens (including phenoxy) is 1. The van der Waals surface area contributed by atoms with Gasteiger partial charge in [-0.2, -0.15) is 0 Å². The first-order valence-electron chi connectivity index (χ1n) is 14.5. The molecule has 0 fully saturated rings. The molecule has 0 aliphatic carbocycles. The van der Waals surface area contributed by atoms with Gasteiger partial charge in [-0.25, -0.2) is 4.79 Å². The SMILES string of the molecule is CCCCc1oc2ccccc2c1Cc1ccccc1-c1ccc(OCCCc2ccccc2)c(NC(=O)C(=O)O)c1. The minimum Gasteiger partial charge on any atom is -0.491 e. The van der Waals surface area contributed by atoms with Crippen LogP contribution < -0.4 is 10.1 Å². The van der Waals surface area contributed by atoms with Gasteiger partial charge in [0.25, 0.3) is 0 Å². The van der Waals surface area contributed by atoms with E-state index in [9.17, 15) is 14.7 Å². The standard InChI is InChI=1S/C36H35NO5/c1-2-3-18-33-30(29-17-9-10-19-32(29)42-33)23-26-15-7-8-16-28(26)27-20-21-34(31(24-27)37-35(38)36(39)40)41-22-11-14-25-12-5-4-6-13-25/h4-10,12-13,15-17,19-21,24H,2-3,11,14,18,22-23H2,1H3,(H,37,38)(H,39,40). The molecule has 42 heavy (non-hydrogen) atoms. The first kappa shape index (κ1) is 28.7. The highest BCUT2D eigenvalue weighted by atomic mass is 16.5. The summed E-state index contributed by atoms with van der Waals surface area (Å²) in [7, 11) is 0. The molecular formula is C36H35NO5. The number of carbonyl (C=O) groups is 2. The monoisotopic (exact) mass is 561 g/mol. The van der Waals surface area contributed by atoms with Gasteiger partial charge in [-0.05, 0) is 59.7 Å². The van der Waals surface area contributed by atoms with E-state index in [1.54, 1.807) is 12.1 Å². The number of furan rings is 1. The van der Waals surface area contributed by atoms with Crippen molar-refractivity contribution in [3.05, 3.63) is 120 Å². The summed E-state index contributed by atoms with van der Waals surface area (Å²) in [4.78, 5) is 23.5. The Kier molecular flexibility index (Phi) is 9.34. The van der Waals surface area contributed by atoms with E-state index in [4.69, 9.17) is 9.15 Å². The van der Waals surface area contributed by atoms with Crippen molar-refractivity contribution < 1.29 is 23.8 Å². The van der Waals surface area contributed by atoms with Gasteiger partial charge in [0.15, 0.2) is 0 Å². The van der Waals surface area contributed by atoms with Crippen molar-refractivity contribution in [1.82, 2.24) is 0 Å². The summed E-state index contributed by atoms with van der Waals surface area (Å²) in [6.45, 7) is 2.60. The van der Waals surface area contributed by atoms with Crippen molar-refractivity contribution in [2.45, 2.75) is 45.4 Å². The van der Waals surface area contributed by atoms with E-state index in [1.807, 2.05) is 60.7 Å². The van der Waals surface area contributed by atoms with E-state index >= 15 is 0 Å². The first-order valence-corrected chi connectivity index (χ1v) is 14.5. The third-order valence-electron chi connectivity index (χ3n) is 7.37. The van der Waals surface area contributed by atoms with Crippen LogP contribution in [0.2, 0.25) is 0 Å². The Morgan fingerprint density at radius 1 is 0.857 bits per heavy atom. The lowest BCUT2D eigenvalue weighted by Crippen LogP contribution is -2.22. The number of rotatable bonds is 12. The summed E-state index contributed by atoms with van der Waals surface area (Å²) in [6, 6.07) is 32.0. The number of benzene rings is 4. The summed E-state index contributed by atoms with van der Waals surface area (Å²) < 4.78 is 12.3. The number of hydrogen-bond donors (Lipinski definition) is 2. The lowest BCUT2D eigenvalue weighted by molar-refractivity contribution is -0.147. The predicted octanol–water partition coefficient (Wildman–Crippen LogP) is 8.07. The summed E-state index contributed by atoms with van der Waals surface area (Å²) in [5, 5.41) is 12.9. The Morgan fingerprint density at radius 3 is 2.43 bits per heavy atom. The molecule has 0 atom stereocenters. The lowest BCUT2D eigenvalue weighted by atomic mass is 9.93. The number of carboxylic acid groups (broad SMARTS) is 1. The van der Waals surface area contributed by atoms with Crippen molar-refractivity contribution in [1.29, 1.82) is 0 Å². The molecule has 0 aliphatic heterocycles. The number of hydrogen-bond acceptors (Lipinski definition) is 4. The number of carboxylic acids is 1. The van der Waals surface area contributed by atoms with Gasteiger partial charge in [0.1, 0.15) is 17.1 Å². The Labute approximate surface area is 246 Å². The third kappa shape index (κ3) is 6.89. The Balaban J connectivity index is 1.43. The highest BCUT2D eigenvalue weighted by molar-refractivity contribution is 6.36. The van der Waals surface area contributed by atoms with Crippen LogP contribution in [0.5, 0.6) is 5.75 Å². The van der Waals surface area contributed by atoms with Crippen LogP contribution in [-0.2, 0) is 28.9 Å². The molecule has 4 aromatic carbocycles. The fourth-order valence-corrected chi connectivity index (χ4v) is 5.23. The highest BCUT2D eigenvalue weighted by Gasteiger charge is 2.19. The fraction of sp³-hybridized carbons (Fsp3) is 0.222. The topological polar surface area (TPSA) is 88.8 Å². The van der Waals surface area contributed by atoms with Gasteiger partial charge in [-0.1, -0.05) is 92.2 Å². The largest absolute Gasteiger partial charge is 0.491 e. The van der Waals surface area contributed by atoms with E-state index in [2.05, 4.69) is 36.5 Å². The molecule has 0 saturated carbocycles. The number of aliphatic carboxylic acids is 1. The molecule has 0 unspecified atom stereocenters. The number of fused-ring (bicyclic) bond motifs is 1. The zero-order chi connectivity index (χ0) is 29.3. The molecule has 6 nitrogen and oxygen atoms in total. The number of unbranched alkanes of at least 4 members (excludes halogenated alkanes) is 1. The second kappa shape index (κ2) is 13.7. The van der Waals surface area contributed by atoms with Gasteiger partial charge in [-0.3, -0.25) is 4.79 Å². The fourth-order valence-electron chi connectivity index (χ4n) is 5.23. The second-order valence-corrected chi connectivity index (χ2v) is 10.3. The summed E-state index contributed by atoms with van der Waals surface area (Å²) in [5.41, 5.74) is 6.57. The quantitative estimate of drug-likeness (QED) is 0.119. The zero-order valence-electron chi connectivity index (χ0n) is 23.8. The molecule has 0 spiro atoms. The van der Waals surface area contributed by atoms with E-state index in [1.165, 1.54) is 11.1 Å². The van der Waals surface area contributed by atoms with Crippen LogP contribution >= 0.6 is 0 Å². The minimum atomic E-state index is -1.55. The first-order chi connectivity index (χ1) is 20.5. The number of nitrogens with one attached hydrogen (secondary N) is 1. The van der Waals surface area contributed by atoms with Crippen LogP contribution in [0.25, 0.3) is 22.1 Å². The molecule has 0 aliphatic rings. The number of aryl methyl sites for hydroxylation is 2. The van der Waals surface area contributed by atoms with Gasteiger partial charge >= 0.3 is 11.9 Å². The molecule has 5 aromatic rings. The molecule has 214 valence electrons. The van der Waals surface area contributed by atoms with Crippen molar-refractivity contribution >= 4 is 28.5 Å². The molecule has 1 heterocycles. The smallest absolute Gasteiger partial charge is 0.394 e. The minimum absolute atomic E-state index is 0.326. The van der Waals surface area contributed by atoms with E-state index in [-0.39, 0.29) is 0 Å². The van der Waals surface area contributed by atoms with Crippen LogP contribution in [0.3, 0.4) is 0 Å². The number of carbonyl (C=O) groups excluding carboxylic acids is 1. The maximum absolute atomic E-state index is 12.2. The zero-order valence-corrected chi connectivity index (χ0v) is 23.8. The third-order valence-corrected chi connectivity index (χ3v) is 7.37. The molecular weight excluding hydrogens is 526 g/mol. The van der Waals surface area contributed by atoms with Gasteiger partial charge in [0.05, 0.1) is 12.3 Å². The van der Waals surface area contributed by atoms with Crippen molar-refractivity contribution in [2.24, 2.45) is 0 Å². The highest BCUT2D eigenvalue weighted by Crippen LogP contribution is 2.36. The molecule has 5 rings (SSSR count). The average Bonchev–Trinajstić information content (AvgIpc) is 3.36. The number of para-hydroxylation sites is 1. The Bertz CT molecular complexity index is 1670.